The molecule has 1 aromatic rings. The number of halogens is 3. The molecule has 2 unspecified atom stereocenters. The van der Waals surface area contributed by atoms with Gasteiger partial charge in [-0.15, -0.1) is 0 Å². The molecule has 1 aliphatic carbocycles. The van der Waals surface area contributed by atoms with Crippen LogP contribution in [0.4, 0.5) is 23.8 Å². The largest absolute Gasteiger partial charge is 0.444 e. The van der Waals surface area contributed by atoms with Crippen molar-refractivity contribution in [3.05, 3.63) is 23.9 Å². The second kappa shape index (κ2) is 13.4. The van der Waals surface area contributed by atoms with Gasteiger partial charge in [-0.05, 0) is 63.1 Å². The number of nitrogens with two attached hydrogens (primary N) is 1. The van der Waals surface area contributed by atoms with Crippen molar-refractivity contribution in [2.24, 2.45) is 17.6 Å². The molecule has 1 aliphatic rings. The van der Waals surface area contributed by atoms with E-state index < -0.39 is 48.4 Å². The van der Waals surface area contributed by atoms with Crippen LogP contribution in [-0.4, -0.2) is 61.1 Å². The number of alkyl carbamates (subject to hydrolysis) is 1. The van der Waals surface area contributed by atoms with E-state index in [0.717, 1.165) is 25.7 Å². The lowest BCUT2D eigenvalue weighted by Gasteiger charge is -2.33. The molecule has 0 aromatic carbocycles. The quantitative estimate of drug-likeness (QED) is 0.361. The molecule has 1 saturated carbocycles. The highest BCUT2D eigenvalue weighted by molar-refractivity contribution is 5.96. The van der Waals surface area contributed by atoms with Crippen LogP contribution in [0.5, 0.6) is 0 Å². The zero-order chi connectivity index (χ0) is 27.8. The molecule has 3 atom stereocenters. The minimum atomic E-state index is -4.53. The number of ether oxygens (including phenoxy) is 2. The summed E-state index contributed by atoms with van der Waals surface area (Å²) in [5.41, 5.74) is 5.06. The number of aromatic nitrogens is 1. The number of rotatable bonds is 10. The highest BCUT2D eigenvalue weighted by Crippen LogP contribution is 2.31. The number of pyridine rings is 1. The molecule has 1 aromatic heterocycles. The Morgan fingerprint density at radius 2 is 1.84 bits per heavy atom. The minimum absolute atomic E-state index is 0.0707. The Morgan fingerprint density at radius 3 is 2.41 bits per heavy atom. The van der Waals surface area contributed by atoms with Crippen molar-refractivity contribution in [1.29, 1.82) is 0 Å². The number of methoxy groups -OCH3 is 1. The lowest BCUT2D eigenvalue weighted by Crippen LogP contribution is -2.50. The zero-order valence-corrected chi connectivity index (χ0v) is 22.2. The Morgan fingerprint density at radius 1 is 1.19 bits per heavy atom. The monoisotopic (exact) mass is 531 g/mol. The van der Waals surface area contributed by atoms with Crippen LogP contribution in [0.2, 0.25) is 0 Å². The highest BCUT2D eigenvalue weighted by atomic mass is 19.4. The van der Waals surface area contributed by atoms with Crippen molar-refractivity contribution >= 4 is 17.8 Å². The van der Waals surface area contributed by atoms with Crippen molar-refractivity contribution < 1.29 is 32.2 Å². The predicted molar refractivity (Wildman–Crippen MR) is 134 cm³/mol. The van der Waals surface area contributed by atoms with Crippen LogP contribution in [-0.2, 0) is 14.3 Å². The number of nitrogens with zero attached hydrogens (tertiary/aromatic N) is 1. The van der Waals surface area contributed by atoms with Gasteiger partial charge in [0.15, 0.2) is 0 Å². The van der Waals surface area contributed by atoms with Crippen molar-refractivity contribution in [2.45, 2.75) is 83.3 Å². The normalized spacial score (nSPS) is 21.0. The summed E-state index contributed by atoms with van der Waals surface area (Å²) < 4.78 is 49.0. The van der Waals surface area contributed by atoms with E-state index in [1.807, 2.05) is 0 Å². The van der Waals surface area contributed by atoms with Crippen molar-refractivity contribution in [1.82, 2.24) is 15.6 Å². The molecule has 5 N–H and O–H groups in total. The standard InChI is InChI=1S/C25H40F3N5O4/c1-15-6-8-16(9-7-15)21(33-23(35)37-24(2,3)4)22(34)32-20-12-17(10-11-30-20)18(14-36-5)31-13-19(29)25(26,27)28/h10-12,15-16,18-19,21,31H,6-9,13-14,29H2,1-5H3,(H,33,35)(H,30,32,34)/t15?,16?,18?,19-,21?/m0/s1. The summed E-state index contributed by atoms with van der Waals surface area (Å²) >= 11 is 0. The Kier molecular flexibility index (Phi) is 11.1. The lowest BCUT2D eigenvalue weighted by atomic mass is 9.79. The summed E-state index contributed by atoms with van der Waals surface area (Å²) in [5, 5.41) is 8.25. The van der Waals surface area contributed by atoms with Crippen LogP contribution in [0.15, 0.2) is 18.3 Å². The van der Waals surface area contributed by atoms with E-state index in [1.165, 1.54) is 13.3 Å². The molecule has 37 heavy (non-hydrogen) atoms. The molecule has 9 nitrogen and oxygen atoms in total. The SMILES string of the molecule is COCC(NC[C@H](N)C(F)(F)F)c1ccnc(NC(=O)C(NC(=O)OC(C)(C)C)C2CCC(C)CC2)c1. The zero-order valence-electron chi connectivity index (χ0n) is 22.2. The van der Waals surface area contributed by atoms with Gasteiger partial charge in [0.25, 0.3) is 0 Å². The molecule has 2 amide bonds. The van der Waals surface area contributed by atoms with Crippen LogP contribution >= 0.6 is 0 Å². The average Bonchev–Trinajstić information content (AvgIpc) is 2.79. The van der Waals surface area contributed by atoms with Gasteiger partial charge in [-0.2, -0.15) is 13.2 Å². The van der Waals surface area contributed by atoms with Crippen LogP contribution in [0.1, 0.15) is 65.0 Å². The number of amides is 2. The van der Waals surface area contributed by atoms with Gasteiger partial charge < -0.3 is 31.2 Å². The summed E-state index contributed by atoms with van der Waals surface area (Å²) in [6, 6.07) is -0.310. The van der Waals surface area contributed by atoms with Gasteiger partial charge in [-0.3, -0.25) is 4.79 Å². The van der Waals surface area contributed by atoms with E-state index in [2.05, 4.69) is 27.9 Å². The minimum Gasteiger partial charge on any atom is -0.444 e. The first-order chi connectivity index (χ1) is 17.2. The fourth-order valence-corrected chi connectivity index (χ4v) is 4.21. The summed E-state index contributed by atoms with van der Waals surface area (Å²) in [4.78, 5) is 30.0. The first-order valence-corrected chi connectivity index (χ1v) is 12.5. The fourth-order valence-electron chi connectivity index (χ4n) is 4.21. The van der Waals surface area contributed by atoms with Gasteiger partial charge in [0, 0.05) is 19.9 Å². The maximum atomic E-state index is 13.3. The molecular formula is C25H40F3N5O4. The van der Waals surface area contributed by atoms with Gasteiger partial charge >= 0.3 is 12.3 Å². The smallest absolute Gasteiger partial charge is 0.408 e. The van der Waals surface area contributed by atoms with E-state index in [0.29, 0.717) is 11.5 Å². The van der Waals surface area contributed by atoms with Crippen LogP contribution in [0.3, 0.4) is 0 Å². The number of nitrogens with one attached hydrogen (secondary N) is 3. The first-order valence-electron chi connectivity index (χ1n) is 12.5. The molecular weight excluding hydrogens is 491 g/mol. The Hall–Kier alpha value is -2.44. The predicted octanol–water partition coefficient (Wildman–Crippen LogP) is 3.91. The van der Waals surface area contributed by atoms with Crippen LogP contribution in [0, 0.1) is 11.8 Å². The molecule has 210 valence electrons. The number of hydrogen-bond acceptors (Lipinski definition) is 7. The van der Waals surface area contributed by atoms with Gasteiger partial charge in [0.1, 0.15) is 23.5 Å². The molecule has 1 heterocycles. The number of hydrogen-bond donors (Lipinski definition) is 4. The van der Waals surface area contributed by atoms with E-state index >= 15 is 0 Å². The van der Waals surface area contributed by atoms with Crippen LogP contribution < -0.4 is 21.7 Å². The third-order valence-corrected chi connectivity index (χ3v) is 6.26. The molecule has 0 bridgehead atoms. The molecule has 1 fully saturated rings. The van der Waals surface area contributed by atoms with Gasteiger partial charge in [0.05, 0.1) is 12.6 Å². The number of carbonyl (C=O) groups excluding carboxylic acids is 2. The highest BCUT2D eigenvalue weighted by Gasteiger charge is 2.37. The lowest BCUT2D eigenvalue weighted by molar-refractivity contribution is -0.147. The van der Waals surface area contributed by atoms with Gasteiger partial charge in [0.2, 0.25) is 5.91 Å². The third kappa shape index (κ3) is 10.4. The molecule has 12 heteroatoms. The summed E-state index contributed by atoms with van der Waals surface area (Å²) in [5.74, 6) is 0.241. The second-order valence-electron chi connectivity index (χ2n) is 10.7. The summed E-state index contributed by atoms with van der Waals surface area (Å²) in [6.45, 7) is 6.95. The van der Waals surface area contributed by atoms with E-state index in [1.54, 1.807) is 32.9 Å². The molecule has 0 spiro atoms. The Bertz CT molecular complexity index is 886. The maximum absolute atomic E-state index is 13.3. The topological polar surface area (TPSA) is 128 Å². The molecule has 0 aliphatic heterocycles. The second-order valence-corrected chi connectivity index (χ2v) is 10.7. The van der Waals surface area contributed by atoms with E-state index in [9.17, 15) is 22.8 Å². The summed E-state index contributed by atoms with van der Waals surface area (Å²) in [6.07, 6.45) is -0.320. The van der Waals surface area contributed by atoms with Crippen molar-refractivity contribution in [2.75, 3.05) is 25.6 Å². The van der Waals surface area contributed by atoms with Crippen molar-refractivity contribution in [3.63, 3.8) is 0 Å². The van der Waals surface area contributed by atoms with E-state index in [4.69, 9.17) is 15.2 Å². The van der Waals surface area contributed by atoms with Crippen LogP contribution in [0.25, 0.3) is 0 Å². The average molecular weight is 532 g/mol. The third-order valence-electron chi connectivity index (χ3n) is 6.26. The molecule has 0 radical (unpaired) electrons. The maximum Gasteiger partial charge on any atom is 0.408 e. The Labute approximate surface area is 216 Å². The van der Waals surface area contributed by atoms with Gasteiger partial charge in [-0.1, -0.05) is 19.8 Å². The van der Waals surface area contributed by atoms with Crippen molar-refractivity contribution in [3.8, 4) is 0 Å². The number of anilines is 1. The molecule has 0 saturated heterocycles. The van der Waals surface area contributed by atoms with E-state index in [-0.39, 0.29) is 18.3 Å². The summed E-state index contributed by atoms with van der Waals surface area (Å²) in [7, 11) is 1.43. The fraction of sp³-hybridized carbons (Fsp3) is 0.720. The number of alkyl halides is 3. The van der Waals surface area contributed by atoms with Gasteiger partial charge in [-0.25, -0.2) is 9.78 Å². The Balaban J connectivity index is 2.17. The molecule has 2 rings (SSSR count). The number of carbonyl (C=O) groups is 2. The first kappa shape index (κ1) is 30.8.